The summed E-state index contributed by atoms with van der Waals surface area (Å²) >= 11 is 0. The Kier molecular flexibility index (Phi) is 4.27. The summed E-state index contributed by atoms with van der Waals surface area (Å²) in [5, 5.41) is 9.39. The Labute approximate surface area is 104 Å². The van der Waals surface area contributed by atoms with Crippen LogP contribution in [-0.2, 0) is 5.41 Å². The summed E-state index contributed by atoms with van der Waals surface area (Å²) in [6, 6.07) is 5.86. The zero-order chi connectivity index (χ0) is 14.0. The number of aliphatic hydroxyl groups is 1. The number of benzene rings is 1. The number of halogens is 3. The molecule has 0 fully saturated rings. The molecule has 2 nitrogen and oxygen atoms in total. The first-order chi connectivity index (χ1) is 8.10. The molecule has 0 aliphatic heterocycles. The highest BCUT2D eigenvalue weighted by Gasteiger charge is 2.31. The molecule has 0 aliphatic rings. The van der Waals surface area contributed by atoms with Gasteiger partial charge in [0.15, 0.2) is 0 Å². The molecule has 5 heteroatoms. The van der Waals surface area contributed by atoms with Gasteiger partial charge in [-0.25, -0.2) is 0 Å². The Morgan fingerprint density at radius 1 is 1.28 bits per heavy atom. The fraction of sp³-hybridized carbons (Fsp3) is 0.538. The SMILES string of the molecule is CC(O)CC(C)(C)c1cccc(OC(F)(F)F)c1. The molecule has 1 aromatic carbocycles. The maximum absolute atomic E-state index is 12.1. The van der Waals surface area contributed by atoms with E-state index < -0.39 is 17.9 Å². The minimum absolute atomic E-state index is 0.237. The molecular weight excluding hydrogens is 245 g/mol. The van der Waals surface area contributed by atoms with Crippen LogP contribution in [0.5, 0.6) is 5.75 Å². The number of hydrogen-bond acceptors (Lipinski definition) is 2. The van der Waals surface area contributed by atoms with E-state index in [1.807, 2.05) is 13.8 Å². The van der Waals surface area contributed by atoms with Crippen molar-refractivity contribution in [3.05, 3.63) is 29.8 Å². The normalized spacial score (nSPS) is 14.4. The molecule has 0 saturated carbocycles. The lowest BCUT2D eigenvalue weighted by molar-refractivity contribution is -0.274. The Balaban J connectivity index is 2.94. The summed E-state index contributed by atoms with van der Waals surface area (Å²) < 4.78 is 40.2. The summed E-state index contributed by atoms with van der Waals surface area (Å²) in [4.78, 5) is 0. The maximum Gasteiger partial charge on any atom is 0.573 e. The van der Waals surface area contributed by atoms with Gasteiger partial charge >= 0.3 is 6.36 Å². The highest BCUT2D eigenvalue weighted by atomic mass is 19.4. The van der Waals surface area contributed by atoms with Crippen LogP contribution in [0.1, 0.15) is 32.8 Å². The number of hydrogen-bond donors (Lipinski definition) is 1. The van der Waals surface area contributed by atoms with E-state index in [1.165, 1.54) is 18.2 Å². The summed E-state index contributed by atoms with van der Waals surface area (Å²) in [6.45, 7) is 5.39. The van der Waals surface area contributed by atoms with Gasteiger partial charge in [-0.2, -0.15) is 0 Å². The number of rotatable bonds is 4. The van der Waals surface area contributed by atoms with Gasteiger partial charge < -0.3 is 9.84 Å². The molecule has 1 N–H and O–H groups in total. The smallest absolute Gasteiger partial charge is 0.406 e. The first-order valence-electron chi connectivity index (χ1n) is 5.64. The third-order valence-corrected chi connectivity index (χ3v) is 2.65. The van der Waals surface area contributed by atoms with Crippen molar-refractivity contribution in [2.45, 2.75) is 45.1 Å². The average Bonchev–Trinajstić information content (AvgIpc) is 2.13. The van der Waals surface area contributed by atoms with Gasteiger partial charge in [-0.05, 0) is 36.5 Å². The molecule has 1 aromatic rings. The van der Waals surface area contributed by atoms with Crippen molar-refractivity contribution in [2.24, 2.45) is 0 Å². The van der Waals surface area contributed by atoms with Gasteiger partial charge in [0.05, 0.1) is 6.10 Å². The highest BCUT2D eigenvalue weighted by molar-refractivity contribution is 5.33. The van der Waals surface area contributed by atoms with E-state index in [2.05, 4.69) is 4.74 Å². The van der Waals surface area contributed by atoms with Crippen LogP contribution in [0.15, 0.2) is 24.3 Å². The monoisotopic (exact) mass is 262 g/mol. The standard InChI is InChI=1S/C13H17F3O2/c1-9(17)8-12(2,3)10-5-4-6-11(7-10)18-13(14,15)16/h4-7,9,17H,8H2,1-3H3. The molecule has 1 unspecified atom stereocenters. The van der Waals surface area contributed by atoms with Crippen molar-refractivity contribution in [3.8, 4) is 5.75 Å². The average molecular weight is 262 g/mol. The predicted molar refractivity (Wildman–Crippen MR) is 62.4 cm³/mol. The molecule has 18 heavy (non-hydrogen) atoms. The Morgan fingerprint density at radius 3 is 2.39 bits per heavy atom. The molecule has 0 heterocycles. The fourth-order valence-corrected chi connectivity index (χ4v) is 1.97. The Hall–Kier alpha value is -1.23. The molecule has 1 rings (SSSR count). The van der Waals surface area contributed by atoms with Crippen LogP contribution in [0.2, 0.25) is 0 Å². The second-order valence-electron chi connectivity index (χ2n) is 5.01. The molecule has 1 atom stereocenters. The highest BCUT2D eigenvalue weighted by Crippen LogP contribution is 2.32. The van der Waals surface area contributed by atoms with Crippen molar-refractivity contribution >= 4 is 0 Å². The summed E-state index contributed by atoms with van der Waals surface area (Å²) in [5.41, 5.74) is 0.282. The molecule has 0 aliphatic carbocycles. The lowest BCUT2D eigenvalue weighted by atomic mass is 9.80. The lowest BCUT2D eigenvalue weighted by Crippen LogP contribution is -2.23. The maximum atomic E-state index is 12.1. The second-order valence-corrected chi connectivity index (χ2v) is 5.01. The van der Waals surface area contributed by atoms with Crippen LogP contribution in [0.4, 0.5) is 13.2 Å². The van der Waals surface area contributed by atoms with Crippen molar-refractivity contribution in [2.75, 3.05) is 0 Å². The number of aliphatic hydroxyl groups excluding tert-OH is 1. The van der Waals surface area contributed by atoms with E-state index in [1.54, 1.807) is 13.0 Å². The summed E-state index contributed by atoms with van der Waals surface area (Å²) in [5.74, 6) is -0.237. The first kappa shape index (κ1) is 14.8. The van der Waals surface area contributed by atoms with Crippen molar-refractivity contribution < 1.29 is 23.0 Å². The quantitative estimate of drug-likeness (QED) is 0.897. The lowest BCUT2D eigenvalue weighted by Gasteiger charge is -2.27. The molecule has 0 saturated heterocycles. The van der Waals surface area contributed by atoms with Crippen LogP contribution in [-0.4, -0.2) is 17.6 Å². The van der Waals surface area contributed by atoms with E-state index in [-0.39, 0.29) is 5.75 Å². The van der Waals surface area contributed by atoms with Gasteiger partial charge in [-0.3, -0.25) is 0 Å². The zero-order valence-corrected chi connectivity index (χ0v) is 10.6. The van der Waals surface area contributed by atoms with Gasteiger partial charge in [0.2, 0.25) is 0 Å². The third-order valence-electron chi connectivity index (χ3n) is 2.65. The molecular formula is C13H17F3O2. The summed E-state index contributed by atoms with van der Waals surface area (Å²) in [6.07, 6.45) is -4.75. The van der Waals surface area contributed by atoms with E-state index >= 15 is 0 Å². The van der Waals surface area contributed by atoms with Crippen LogP contribution in [0.25, 0.3) is 0 Å². The second kappa shape index (κ2) is 5.18. The van der Waals surface area contributed by atoms with E-state index in [0.29, 0.717) is 12.0 Å². The predicted octanol–water partition coefficient (Wildman–Crippen LogP) is 3.63. The van der Waals surface area contributed by atoms with Gasteiger partial charge in [0.25, 0.3) is 0 Å². The third kappa shape index (κ3) is 4.56. The topological polar surface area (TPSA) is 29.5 Å². The number of ether oxygens (including phenoxy) is 1. The van der Waals surface area contributed by atoms with Crippen LogP contribution in [0, 0.1) is 0 Å². The van der Waals surface area contributed by atoms with Crippen LogP contribution < -0.4 is 4.74 Å². The van der Waals surface area contributed by atoms with Crippen molar-refractivity contribution in [1.29, 1.82) is 0 Å². The Bertz CT molecular complexity index is 397. The minimum atomic E-state index is -4.69. The molecule has 0 spiro atoms. The summed E-state index contributed by atoms with van der Waals surface area (Å²) in [7, 11) is 0. The first-order valence-corrected chi connectivity index (χ1v) is 5.64. The molecule has 0 amide bonds. The number of alkyl halides is 3. The van der Waals surface area contributed by atoms with Crippen molar-refractivity contribution in [3.63, 3.8) is 0 Å². The van der Waals surface area contributed by atoms with Crippen molar-refractivity contribution in [1.82, 2.24) is 0 Å². The molecule has 0 bridgehead atoms. The zero-order valence-electron chi connectivity index (χ0n) is 10.6. The molecule has 0 radical (unpaired) electrons. The van der Waals surface area contributed by atoms with E-state index in [4.69, 9.17) is 0 Å². The van der Waals surface area contributed by atoms with Crippen LogP contribution >= 0.6 is 0 Å². The van der Waals surface area contributed by atoms with Crippen LogP contribution in [0.3, 0.4) is 0 Å². The largest absolute Gasteiger partial charge is 0.573 e. The van der Waals surface area contributed by atoms with Gasteiger partial charge in [-0.15, -0.1) is 13.2 Å². The van der Waals surface area contributed by atoms with E-state index in [9.17, 15) is 18.3 Å². The molecule has 0 aromatic heterocycles. The fourth-order valence-electron chi connectivity index (χ4n) is 1.97. The van der Waals surface area contributed by atoms with Gasteiger partial charge in [0.1, 0.15) is 5.75 Å². The van der Waals surface area contributed by atoms with Gasteiger partial charge in [0, 0.05) is 0 Å². The van der Waals surface area contributed by atoms with Gasteiger partial charge in [-0.1, -0.05) is 26.0 Å². The minimum Gasteiger partial charge on any atom is -0.406 e. The van der Waals surface area contributed by atoms with E-state index in [0.717, 1.165) is 0 Å². The molecule has 102 valence electrons. The Morgan fingerprint density at radius 2 is 1.89 bits per heavy atom.